The van der Waals surface area contributed by atoms with Crippen LogP contribution in [-0.4, -0.2) is 68.2 Å². The molecule has 176 valence electrons. The number of para-hydroxylation sites is 1. The summed E-state index contributed by atoms with van der Waals surface area (Å²) in [5.74, 6) is -1.56. The molecular formula is C22H24FN3O7. The van der Waals surface area contributed by atoms with Crippen LogP contribution in [0.1, 0.15) is 17.3 Å². The second-order valence-corrected chi connectivity index (χ2v) is 7.11. The molecule has 2 aromatic rings. The maximum absolute atomic E-state index is 14.0. The zero-order chi connectivity index (χ0) is 24.0. The van der Waals surface area contributed by atoms with Gasteiger partial charge >= 0.3 is 5.97 Å². The van der Waals surface area contributed by atoms with Crippen molar-refractivity contribution in [2.45, 2.75) is 6.92 Å². The van der Waals surface area contributed by atoms with Crippen molar-refractivity contribution in [1.82, 2.24) is 4.90 Å². The Balaban J connectivity index is 1.62. The van der Waals surface area contributed by atoms with Gasteiger partial charge in [-0.2, -0.15) is 0 Å². The SMILES string of the molecule is CCOc1cc([N+](=O)[O-])c(C(=O)OCC(=O)N2CCN(c3ccccc3F)CC2)cc1OC. The molecule has 1 heterocycles. The van der Waals surface area contributed by atoms with Gasteiger partial charge < -0.3 is 24.0 Å². The Morgan fingerprint density at radius 1 is 1.12 bits per heavy atom. The third-order valence-electron chi connectivity index (χ3n) is 5.15. The van der Waals surface area contributed by atoms with E-state index in [-0.39, 0.29) is 29.5 Å². The molecule has 11 heteroatoms. The van der Waals surface area contributed by atoms with Crippen LogP contribution >= 0.6 is 0 Å². The summed E-state index contributed by atoms with van der Waals surface area (Å²) in [6, 6.07) is 8.64. The van der Waals surface area contributed by atoms with Gasteiger partial charge in [0.05, 0.1) is 30.4 Å². The summed E-state index contributed by atoms with van der Waals surface area (Å²) >= 11 is 0. The van der Waals surface area contributed by atoms with Crippen LogP contribution in [0.25, 0.3) is 0 Å². The number of hydrogen-bond donors (Lipinski definition) is 0. The van der Waals surface area contributed by atoms with E-state index in [2.05, 4.69) is 0 Å². The van der Waals surface area contributed by atoms with E-state index < -0.39 is 29.1 Å². The predicted molar refractivity (Wildman–Crippen MR) is 116 cm³/mol. The van der Waals surface area contributed by atoms with Crippen molar-refractivity contribution in [3.05, 3.63) is 57.9 Å². The number of hydrogen-bond acceptors (Lipinski definition) is 8. The molecular weight excluding hydrogens is 437 g/mol. The molecule has 10 nitrogen and oxygen atoms in total. The van der Waals surface area contributed by atoms with E-state index in [1.807, 2.05) is 4.90 Å². The molecule has 0 aromatic heterocycles. The lowest BCUT2D eigenvalue weighted by Crippen LogP contribution is -2.50. The minimum absolute atomic E-state index is 0.118. The predicted octanol–water partition coefficient (Wildman–Crippen LogP) is 2.65. The number of nitro groups is 1. The molecule has 0 atom stereocenters. The molecule has 0 bridgehead atoms. The maximum Gasteiger partial charge on any atom is 0.345 e. The van der Waals surface area contributed by atoms with Gasteiger partial charge in [0.2, 0.25) is 0 Å². The summed E-state index contributed by atoms with van der Waals surface area (Å²) in [6.07, 6.45) is 0. The monoisotopic (exact) mass is 461 g/mol. The molecule has 0 radical (unpaired) electrons. The van der Waals surface area contributed by atoms with Gasteiger partial charge in [0.25, 0.3) is 11.6 Å². The molecule has 1 aliphatic rings. The van der Waals surface area contributed by atoms with Crippen LogP contribution in [-0.2, 0) is 9.53 Å². The first-order chi connectivity index (χ1) is 15.8. The number of amides is 1. The van der Waals surface area contributed by atoms with Crippen molar-refractivity contribution in [3.8, 4) is 11.5 Å². The fraction of sp³-hybridized carbons (Fsp3) is 0.364. The van der Waals surface area contributed by atoms with Crippen molar-refractivity contribution in [3.63, 3.8) is 0 Å². The number of ether oxygens (including phenoxy) is 3. The average molecular weight is 461 g/mol. The number of halogens is 1. The highest BCUT2D eigenvalue weighted by atomic mass is 19.1. The van der Waals surface area contributed by atoms with E-state index in [9.17, 15) is 24.1 Å². The smallest absolute Gasteiger partial charge is 0.345 e. The van der Waals surface area contributed by atoms with Crippen molar-refractivity contribution < 1.29 is 33.1 Å². The largest absolute Gasteiger partial charge is 0.493 e. The first kappa shape index (κ1) is 23.8. The zero-order valence-corrected chi connectivity index (χ0v) is 18.3. The van der Waals surface area contributed by atoms with E-state index in [4.69, 9.17) is 14.2 Å². The molecule has 0 N–H and O–H groups in total. The first-order valence-corrected chi connectivity index (χ1v) is 10.3. The fourth-order valence-corrected chi connectivity index (χ4v) is 3.49. The summed E-state index contributed by atoms with van der Waals surface area (Å²) in [5.41, 5.74) is -0.402. The molecule has 1 aliphatic heterocycles. The minimum Gasteiger partial charge on any atom is -0.493 e. The Kier molecular flexibility index (Phi) is 7.65. The van der Waals surface area contributed by atoms with Crippen LogP contribution in [0.15, 0.2) is 36.4 Å². The number of anilines is 1. The van der Waals surface area contributed by atoms with E-state index in [1.165, 1.54) is 18.1 Å². The lowest BCUT2D eigenvalue weighted by atomic mass is 10.1. The van der Waals surface area contributed by atoms with E-state index in [0.717, 1.165) is 12.1 Å². The van der Waals surface area contributed by atoms with Crippen molar-refractivity contribution in [2.24, 2.45) is 0 Å². The standard InChI is InChI=1S/C22H24FN3O7/c1-3-32-20-13-18(26(29)30)15(12-19(20)31-2)22(28)33-14-21(27)25-10-8-24(9-11-25)17-7-5-4-6-16(17)23/h4-7,12-13H,3,8-11,14H2,1-2H3. The number of nitrogens with zero attached hydrogens (tertiary/aromatic N) is 3. The maximum atomic E-state index is 14.0. The summed E-state index contributed by atoms with van der Waals surface area (Å²) in [4.78, 5) is 39.1. The van der Waals surface area contributed by atoms with Gasteiger partial charge in [0.1, 0.15) is 11.4 Å². The third-order valence-corrected chi connectivity index (χ3v) is 5.15. The molecule has 33 heavy (non-hydrogen) atoms. The number of carbonyl (C=O) groups excluding carboxylic acids is 2. The number of rotatable bonds is 8. The Labute approximate surface area is 189 Å². The number of nitro benzene ring substituents is 1. The highest BCUT2D eigenvalue weighted by Crippen LogP contribution is 2.35. The Morgan fingerprint density at radius 2 is 1.82 bits per heavy atom. The molecule has 0 aliphatic carbocycles. The van der Waals surface area contributed by atoms with Gasteiger partial charge in [-0.05, 0) is 19.1 Å². The van der Waals surface area contributed by atoms with E-state index >= 15 is 0 Å². The molecule has 1 amide bonds. The summed E-state index contributed by atoms with van der Waals surface area (Å²) in [7, 11) is 1.34. The minimum atomic E-state index is -1.03. The van der Waals surface area contributed by atoms with Crippen LogP contribution in [0.5, 0.6) is 11.5 Å². The van der Waals surface area contributed by atoms with Crippen LogP contribution in [0.2, 0.25) is 0 Å². The molecule has 1 saturated heterocycles. The topological polar surface area (TPSA) is 111 Å². The Morgan fingerprint density at radius 3 is 2.42 bits per heavy atom. The normalized spacial score (nSPS) is 13.4. The Hall–Kier alpha value is -3.89. The van der Waals surface area contributed by atoms with Gasteiger partial charge in [-0.15, -0.1) is 0 Å². The first-order valence-electron chi connectivity index (χ1n) is 10.3. The van der Waals surface area contributed by atoms with Crippen LogP contribution in [0.3, 0.4) is 0 Å². The van der Waals surface area contributed by atoms with E-state index in [0.29, 0.717) is 31.9 Å². The second-order valence-electron chi connectivity index (χ2n) is 7.11. The third kappa shape index (κ3) is 5.48. The number of piperazine rings is 1. The number of benzene rings is 2. The lowest BCUT2D eigenvalue weighted by molar-refractivity contribution is -0.385. The molecule has 3 rings (SSSR count). The summed E-state index contributed by atoms with van der Waals surface area (Å²) in [5, 5.41) is 11.4. The molecule has 1 fully saturated rings. The lowest BCUT2D eigenvalue weighted by Gasteiger charge is -2.36. The number of methoxy groups -OCH3 is 1. The van der Waals surface area contributed by atoms with Gasteiger partial charge in [-0.25, -0.2) is 9.18 Å². The van der Waals surface area contributed by atoms with Gasteiger partial charge in [0, 0.05) is 32.2 Å². The van der Waals surface area contributed by atoms with Crippen LogP contribution in [0.4, 0.5) is 15.8 Å². The summed E-state index contributed by atoms with van der Waals surface area (Å²) in [6.45, 7) is 2.85. The quantitative estimate of drug-likeness (QED) is 0.335. The van der Waals surface area contributed by atoms with Gasteiger partial charge in [-0.1, -0.05) is 12.1 Å². The van der Waals surface area contributed by atoms with Crippen LogP contribution in [0, 0.1) is 15.9 Å². The highest BCUT2D eigenvalue weighted by molar-refractivity contribution is 5.96. The summed E-state index contributed by atoms with van der Waals surface area (Å²) < 4.78 is 29.5. The van der Waals surface area contributed by atoms with Crippen molar-refractivity contribution >= 4 is 23.3 Å². The van der Waals surface area contributed by atoms with Crippen LogP contribution < -0.4 is 14.4 Å². The number of esters is 1. The molecule has 0 saturated carbocycles. The number of carbonyl (C=O) groups is 2. The van der Waals surface area contributed by atoms with Crippen molar-refractivity contribution in [2.75, 3.05) is 51.4 Å². The van der Waals surface area contributed by atoms with E-state index in [1.54, 1.807) is 25.1 Å². The van der Waals surface area contributed by atoms with Gasteiger partial charge in [-0.3, -0.25) is 14.9 Å². The Bertz CT molecular complexity index is 1040. The second kappa shape index (κ2) is 10.6. The zero-order valence-electron chi connectivity index (χ0n) is 18.3. The molecule has 2 aromatic carbocycles. The van der Waals surface area contributed by atoms with Gasteiger partial charge in [0.15, 0.2) is 18.1 Å². The molecule has 0 spiro atoms. The van der Waals surface area contributed by atoms with Crippen molar-refractivity contribution in [1.29, 1.82) is 0 Å². The highest BCUT2D eigenvalue weighted by Gasteiger charge is 2.28. The average Bonchev–Trinajstić information content (AvgIpc) is 2.82. The fourth-order valence-electron chi connectivity index (χ4n) is 3.49. The molecule has 0 unspecified atom stereocenters.